The second-order valence-corrected chi connectivity index (χ2v) is 6.17. The van der Waals surface area contributed by atoms with E-state index in [0.717, 1.165) is 42.7 Å². The summed E-state index contributed by atoms with van der Waals surface area (Å²) in [6.45, 7) is 3.87. The van der Waals surface area contributed by atoms with Crippen LogP contribution in [0.4, 0.5) is 5.69 Å². The Morgan fingerprint density at radius 2 is 1.80 bits per heavy atom. The molecule has 2 atom stereocenters. The smallest absolute Gasteiger partial charge is 0.163 e. The molecule has 1 aliphatic heterocycles. The summed E-state index contributed by atoms with van der Waals surface area (Å²) < 4.78 is 11.4. The van der Waals surface area contributed by atoms with Crippen molar-refractivity contribution < 1.29 is 9.47 Å². The van der Waals surface area contributed by atoms with Gasteiger partial charge in [-0.05, 0) is 37.3 Å². The van der Waals surface area contributed by atoms with Crippen molar-refractivity contribution in [3.8, 4) is 11.5 Å². The molecule has 3 heteroatoms. The molecule has 1 N–H and O–H groups in total. The highest BCUT2D eigenvalue weighted by Crippen LogP contribution is 2.33. The number of nitrogens with one attached hydrogen (secondary N) is 1. The largest absolute Gasteiger partial charge is 0.490 e. The van der Waals surface area contributed by atoms with Gasteiger partial charge in [0.05, 0.1) is 13.2 Å². The Balaban J connectivity index is 1.66. The Hall–Kier alpha value is -1.38. The van der Waals surface area contributed by atoms with Crippen LogP contribution in [0.1, 0.15) is 45.4 Å². The van der Waals surface area contributed by atoms with Crippen molar-refractivity contribution in [2.45, 2.75) is 51.5 Å². The average Bonchev–Trinajstić information content (AvgIpc) is 2.79. The maximum absolute atomic E-state index is 5.76. The third kappa shape index (κ3) is 3.38. The van der Waals surface area contributed by atoms with Crippen molar-refractivity contribution in [1.29, 1.82) is 0 Å². The Bertz CT molecular complexity index is 447. The number of hydrogen-bond donors (Lipinski definition) is 1. The second-order valence-electron chi connectivity index (χ2n) is 6.17. The zero-order chi connectivity index (χ0) is 13.8. The number of anilines is 1. The van der Waals surface area contributed by atoms with E-state index >= 15 is 0 Å². The molecule has 1 fully saturated rings. The van der Waals surface area contributed by atoms with Crippen LogP contribution >= 0.6 is 0 Å². The number of rotatable bonds is 2. The minimum Gasteiger partial charge on any atom is -0.490 e. The molecule has 20 heavy (non-hydrogen) atoms. The molecule has 3 rings (SSSR count). The van der Waals surface area contributed by atoms with Gasteiger partial charge in [-0.3, -0.25) is 0 Å². The van der Waals surface area contributed by atoms with Crippen LogP contribution in [0.15, 0.2) is 18.2 Å². The molecule has 0 amide bonds. The van der Waals surface area contributed by atoms with Crippen molar-refractivity contribution in [3.05, 3.63) is 18.2 Å². The average molecular weight is 275 g/mol. The Kier molecular flexibility index (Phi) is 4.34. The van der Waals surface area contributed by atoms with E-state index in [1.807, 2.05) is 6.07 Å². The monoisotopic (exact) mass is 275 g/mol. The lowest BCUT2D eigenvalue weighted by atomic mass is 10.0. The first kappa shape index (κ1) is 13.6. The first-order valence-electron chi connectivity index (χ1n) is 7.97. The summed E-state index contributed by atoms with van der Waals surface area (Å²) in [7, 11) is 0. The molecule has 3 nitrogen and oxygen atoms in total. The first-order valence-corrected chi connectivity index (χ1v) is 7.97. The van der Waals surface area contributed by atoms with Crippen LogP contribution in [0.3, 0.4) is 0 Å². The zero-order valence-corrected chi connectivity index (χ0v) is 12.4. The fourth-order valence-corrected chi connectivity index (χ4v) is 3.12. The second kappa shape index (κ2) is 6.38. The van der Waals surface area contributed by atoms with Crippen molar-refractivity contribution in [1.82, 2.24) is 0 Å². The lowest BCUT2D eigenvalue weighted by Crippen LogP contribution is -2.18. The summed E-state index contributed by atoms with van der Waals surface area (Å²) in [6, 6.07) is 6.84. The minimum absolute atomic E-state index is 0.602. The third-order valence-corrected chi connectivity index (χ3v) is 4.38. The maximum atomic E-state index is 5.76. The highest BCUT2D eigenvalue weighted by molar-refractivity contribution is 5.55. The van der Waals surface area contributed by atoms with Gasteiger partial charge in [0.2, 0.25) is 0 Å². The van der Waals surface area contributed by atoms with Crippen molar-refractivity contribution in [2.75, 3.05) is 18.5 Å². The summed E-state index contributed by atoms with van der Waals surface area (Å²) in [5, 5.41) is 3.68. The molecule has 110 valence electrons. The predicted octanol–water partition coefficient (Wildman–Crippen LogP) is 4.23. The first-order chi connectivity index (χ1) is 9.81. The molecule has 0 bridgehead atoms. The van der Waals surface area contributed by atoms with Crippen LogP contribution < -0.4 is 14.8 Å². The normalized spacial score (nSPS) is 26.4. The van der Waals surface area contributed by atoms with Gasteiger partial charge in [-0.1, -0.05) is 19.8 Å². The van der Waals surface area contributed by atoms with Gasteiger partial charge in [0, 0.05) is 24.2 Å². The van der Waals surface area contributed by atoms with Gasteiger partial charge in [0.15, 0.2) is 11.5 Å². The Morgan fingerprint density at radius 1 is 0.950 bits per heavy atom. The molecule has 1 aliphatic carbocycles. The van der Waals surface area contributed by atoms with Gasteiger partial charge in [0.25, 0.3) is 0 Å². The Labute approximate surface area is 121 Å². The van der Waals surface area contributed by atoms with Crippen LogP contribution in [0.25, 0.3) is 0 Å². The fourth-order valence-electron chi connectivity index (χ4n) is 3.12. The van der Waals surface area contributed by atoms with Gasteiger partial charge >= 0.3 is 0 Å². The molecule has 0 aromatic heterocycles. The molecule has 0 radical (unpaired) electrons. The topological polar surface area (TPSA) is 30.5 Å². The molecule has 1 aromatic carbocycles. The highest BCUT2D eigenvalue weighted by Gasteiger charge is 2.17. The summed E-state index contributed by atoms with van der Waals surface area (Å²) in [5.74, 6) is 2.64. The van der Waals surface area contributed by atoms with E-state index < -0.39 is 0 Å². The number of benzene rings is 1. The third-order valence-electron chi connectivity index (χ3n) is 4.38. The molecule has 1 aromatic rings. The number of ether oxygens (including phenoxy) is 2. The lowest BCUT2D eigenvalue weighted by molar-refractivity contribution is 0.297. The molecule has 0 saturated heterocycles. The molecular weight excluding hydrogens is 250 g/mol. The lowest BCUT2D eigenvalue weighted by Gasteiger charge is -2.19. The van der Waals surface area contributed by atoms with Gasteiger partial charge in [-0.15, -0.1) is 0 Å². The predicted molar refractivity (Wildman–Crippen MR) is 81.7 cm³/mol. The van der Waals surface area contributed by atoms with E-state index in [1.165, 1.54) is 32.1 Å². The van der Waals surface area contributed by atoms with E-state index in [9.17, 15) is 0 Å². The van der Waals surface area contributed by atoms with E-state index in [0.29, 0.717) is 6.04 Å². The van der Waals surface area contributed by atoms with Crippen LogP contribution in [0, 0.1) is 5.92 Å². The molecule has 1 heterocycles. The highest BCUT2D eigenvalue weighted by atomic mass is 16.5. The summed E-state index contributed by atoms with van der Waals surface area (Å²) in [5.41, 5.74) is 1.16. The summed E-state index contributed by atoms with van der Waals surface area (Å²) >= 11 is 0. The van der Waals surface area contributed by atoms with E-state index in [4.69, 9.17) is 9.47 Å². The van der Waals surface area contributed by atoms with E-state index in [2.05, 4.69) is 24.4 Å². The van der Waals surface area contributed by atoms with Crippen LogP contribution in [-0.2, 0) is 0 Å². The van der Waals surface area contributed by atoms with Crippen LogP contribution in [-0.4, -0.2) is 19.3 Å². The number of fused-ring (bicyclic) bond motifs is 1. The number of hydrogen-bond acceptors (Lipinski definition) is 3. The quantitative estimate of drug-likeness (QED) is 0.819. The van der Waals surface area contributed by atoms with Crippen LogP contribution in [0.5, 0.6) is 11.5 Å². The zero-order valence-electron chi connectivity index (χ0n) is 12.4. The standard InChI is InChI=1S/C17H25NO2/c1-13-4-2-5-14(7-6-13)18-15-8-9-16-17(12-15)20-11-3-10-19-16/h8-9,12-14,18H,2-7,10-11H2,1H3. The maximum Gasteiger partial charge on any atom is 0.163 e. The van der Waals surface area contributed by atoms with Crippen molar-refractivity contribution in [3.63, 3.8) is 0 Å². The summed E-state index contributed by atoms with van der Waals surface area (Å²) in [4.78, 5) is 0. The van der Waals surface area contributed by atoms with E-state index in [-0.39, 0.29) is 0 Å². The van der Waals surface area contributed by atoms with Gasteiger partial charge in [-0.25, -0.2) is 0 Å². The molecule has 1 saturated carbocycles. The van der Waals surface area contributed by atoms with Gasteiger partial charge < -0.3 is 14.8 Å². The molecular formula is C17H25NO2. The summed E-state index contributed by atoms with van der Waals surface area (Å²) in [6.07, 6.45) is 7.55. The Morgan fingerprint density at radius 3 is 2.70 bits per heavy atom. The molecule has 2 unspecified atom stereocenters. The van der Waals surface area contributed by atoms with Crippen molar-refractivity contribution in [2.24, 2.45) is 5.92 Å². The van der Waals surface area contributed by atoms with E-state index in [1.54, 1.807) is 0 Å². The minimum atomic E-state index is 0.602. The van der Waals surface area contributed by atoms with Gasteiger partial charge in [-0.2, -0.15) is 0 Å². The fraction of sp³-hybridized carbons (Fsp3) is 0.647. The SMILES string of the molecule is CC1CCCC(Nc2ccc3c(c2)OCCCO3)CC1. The molecule has 0 spiro atoms. The van der Waals surface area contributed by atoms with Gasteiger partial charge in [0.1, 0.15) is 0 Å². The van der Waals surface area contributed by atoms with Crippen LogP contribution in [0.2, 0.25) is 0 Å². The molecule has 2 aliphatic rings. The van der Waals surface area contributed by atoms with Crippen molar-refractivity contribution >= 4 is 5.69 Å².